The van der Waals surface area contributed by atoms with E-state index in [4.69, 9.17) is 14.3 Å². The molecule has 2 saturated heterocycles. The minimum absolute atomic E-state index is 0.171. The first-order chi connectivity index (χ1) is 7.87. The van der Waals surface area contributed by atoms with Gasteiger partial charge in [0.15, 0.2) is 0 Å². The highest BCUT2D eigenvalue weighted by Crippen LogP contribution is 2.28. The summed E-state index contributed by atoms with van der Waals surface area (Å²) in [6.45, 7) is 5.70. The van der Waals surface area contributed by atoms with E-state index >= 15 is 0 Å². The van der Waals surface area contributed by atoms with Crippen LogP contribution in [0.1, 0.15) is 33.6 Å². The summed E-state index contributed by atoms with van der Waals surface area (Å²) in [6.07, 6.45) is -0.0335. The number of nitrogens with zero attached hydrogens (tertiary/aromatic N) is 1. The molecule has 2 fully saturated rings. The normalized spacial score (nSPS) is 28.6. The number of fused-ring (bicyclic) bond motifs is 1. The number of amides is 1. The molecular formula is C11H17NO5. The zero-order valence-corrected chi connectivity index (χ0v) is 10.3. The number of ether oxygens (including phenoxy) is 2. The number of carbonyl (C=O) groups is 2. The Bertz CT molecular complexity index is 335. The van der Waals surface area contributed by atoms with Crippen molar-refractivity contribution in [2.75, 3.05) is 6.61 Å². The van der Waals surface area contributed by atoms with E-state index in [9.17, 15) is 9.59 Å². The monoisotopic (exact) mass is 243 g/mol. The van der Waals surface area contributed by atoms with Gasteiger partial charge < -0.3 is 9.47 Å². The summed E-state index contributed by atoms with van der Waals surface area (Å²) >= 11 is 0. The van der Waals surface area contributed by atoms with E-state index in [-0.39, 0.29) is 24.5 Å². The van der Waals surface area contributed by atoms with E-state index in [1.54, 1.807) is 20.8 Å². The molecule has 6 heteroatoms. The van der Waals surface area contributed by atoms with Crippen LogP contribution in [0, 0.1) is 0 Å². The van der Waals surface area contributed by atoms with Crippen molar-refractivity contribution in [1.29, 1.82) is 0 Å². The number of esters is 1. The molecule has 1 amide bonds. The Morgan fingerprint density at radius 2 is 2.18 bits per heavy atom. The van der Waals surface area contributed by atoms with Gasteiger partial charge in [0.25, 0.3) is 0 Å². The van der Waals surface area contributed by atoms with Crippen LogP contribution in [-0.2, 0) is 19.1 Å². The summed E-state index contributed by atoms with van der Waals surface area (Å²) in [5, 5.41) is 1.14. The SMILES string of the molecule is CC(C)(C)OC(=O)N1OCC[C@@H]2OC(=O)C[C@@H]21. The van der Waals surface area contributed by atoms with E-state index < -0.39 is 11.7 Å². The first-order valence-electron chi connectivity index (χ1n) is 5.71. The molecular weight excluding hydrogens is 226 g/mol. The summed E-state index contributed by atoms with van der Waals surface area (Å²) in [5.41, 5.74) is -0.586. The highest BCUT2D eigenvalue weighted by Gasteiger charge is 2.45. The molecule has 0 bridgehead atoms. The molecule has 2 aliphatic rings. The van der Waals surface area contributed by atoms with Crippen molar-refractivity contribution >= 4 is 12.1 Å². The van der Waals surface area contributed by atoms with Crippen molar-refractivity contribution < 1.29 is 23.9 Å². The lowest BCUT2D eigenvalue weighted by molar-refractivity contribution is -0.209. The highest BCUT2D eigenvalue weighted by molar-refractivity contribution is 5.75. The number of hydrogen-bond acceptors (Lipinski definition) is 5. The third-order valence-corrected chi connectivity index (χ3v) is 2.60. The molecule has 0 aromatic rings. The molecule has 2 rings (SSSR count). The van der Waals surface area contributed by atoms with Crippen LogP contribution in [0.4, 0.5) is 4.79 Å². The quantitative estimate of drug-likeness (QED) is 0.599. The lowest BCUT2D eigenvalue weighted by Crippen LogP contribution is -2.50. The molecule has 0 unspecified atom stereocenters. The second-order valence-electron chi connectivity index (χ2n) is 5.23. The van der Waals surface area contributed by atoms with Crippen molar-refractivity contribution in [3.63, 3.8) is 0 Å². The fraction of sp³-hybridized carbons (Fsp3) is 0.818. The van der Waals surface area contributed by atoms with Crippen LogP contribution in [0.15, 0.2) is 0 Å². The summed E-state index contributed by atoms with van der Waals surface area (Å²) in [7, 11) is 0. The summed E-state index contributed by atoms with van der Waals surface area (Å²) in [6, 6.07) is -0.355. The van der Waals surface area contributed by atoms with Crippen LogP contribution in [-0.4, -0.2) is 41.5 Å². The van der Waals surface area contributed by atoms with Crippen molar-refractivity contribution in [2.24, 2.45) is 0 Å². The van der Waals surface area contributed by atoms with Crippen LogP contribution < -0.4 is 0 Å². The van der Waals surface area contributed by atoms with Gasteiger partial charge in [-0.2, -0.15) is 5.06 Å². The van der Waals surface area contributed by atoms with E-state index in [1.807, 2.05) is 0 Å². The predicted octanol–water partition coefficient (Wildman–Crippen LogP) is 1.24. The first kappa shape index (κ1) is 12.2. The van der Waals surface area contributed by atoms with Gasteiger partial charge in [-0.25, -0.2) is 4.79 Å². The van der Waals surface area contributed by atoms with Gasteiger partial charge in [0, 0.05) is 6.42 Å². The van der Waals surface area contributed by atoms with Gasteiger partial charge in [0.1, 0.15) is 17.7 Å². The van der Waals surface area contributed by atoms with Gasteiger partial charge in [-0.15, -0.1) is 0 Å². The molecule has 2 aliphatic heterocycles. The van der Waals surface area contributed by atoms with Crippen LogP contribution in [0.5, 0.6) is 0 Å². The number of rotatable bonds is 0. The predicted molar refractivity (Wildman–Crippen MR) is 56.9 cm³/mol. The number of hydroxylamine groups is 2. The number of hydrogen-bond donors (Lipinski definition) is 0. The molecule has 96 valence electrons. The molecule has 0 N–H and O–H groups in total. The molecule has 17 heavy (non-hydrogen) atoms. The highest BCUT2D eigenvalue weighted by atomic mass is 16.7. The molecule has 0 saturated carbocycles. The van der Waals surface area contributed by atoms with Gasteiger partial charge in [0.2, 0.25) is 0 Å². The van der Waals surface area contributed by atoms with Crippen LogP contribution in [0.25, 0.3) is 0 Å². The third kappa shape index (κ3) is 2.69. The lowest BCUT2D eigenvalue weighted by Gasteiger charge is -2.35. The molecule has 2 heterocycles. The Balaban J connectivity index is 2.05. The van der Waals surface area contributed by atoms with Gasteiger partial charge >= 0.3 is 12.1 Å². The van der Waals surface area contributed by atoms with Crippen LogP contribution in [0.2, 0.25) is 0 Å². The van der Waals surface area contributed by atoms with E-state index in [0.717, 1.165) is 5.06 Å². The van der Waals surface area contributed by atoms with Crippen molar-refractivity contribution in [3.05, 3.63) is 0 Å². The van der Waals surface area contributed by atoms with Crippen LogP contribution in [0.3, 0.4) is 0 Å². The van der Waals surface area contributed by atoms with Gasteiger partial charge in [-0.3, -0.25) is 9.63 Å². The minimum atomic E-state index is -0.586. The van der Waals surface area contributed by atoms with E-state index in [0.29, 0.717) is 13.0 Å². The fourth-order valence-electron chi connectivity index (χ4n) is 1.94. The second-order valence-corrected chi connectivity index (χ2v) is 5.23. The Morgan fingerprint density at radius 1 is 1.47 bits per heavy atom. The molecule has 0 aromatic heterocycles. The number of carbonyl (C=O) groups excluding carboxylic acids is 2. The van der Waals surface area contributed by atoms with Crippen molar-refractivity contribution in [3.8, 4) is 0 Å². The van der Waals surface area contributed by atoms with E-state index in [1.165, 1.54) is 0 Å². The first-order valence-corrected chi connectivity index (χ1v) is 5.71. The van der Waals surface area contributed by atoms with Gasteiger partial charge in [-0.1, -0.05) is 0 Å². The van der Waals surface area contributed by atoms with Crippen molar-refractivity contribution in [1.82, 2.24) is 5.06 Å². The maximum atomic E-state index is 11.9. The Labute approximate surface area is 99.8 Å². The second kappa shape index (κ2) is 4.18. The maximum absolute atomic E-state index is 11.9. The lowest BCUT2D eigenvalue weighted by atomic mass is 10.1. The topological polar surface area (TPSA) is 65.1 Å². The van der Waals surface area contributed by atoms with Gasteiger partial charge in [0.05, 0.1) is 13.0 Å². The zero-order chi connectivity index (χ0) is 12.6. The standard InChI is InChI=1S/C11H17NO5/c1-11(2,3)17-10(14)12-7-6-9(13)16-8(7)4-5-15-12/h7-8H,4-6H2,1-3H3/t7-,8-/m0/s1. The Kier molecular flexibility index (Phi) is 2.99. The summed E-state index contributed by atoms with van der Waals surface area (Å²) in [4.78, 5) is 28.4. The molecule has 0 radical (unpaired) electrons. The summed E-state index contributed by atoms with van der Waals surface area (Å²) < 4.78 is 10.3. The maximum Gasteiger partial charge on any atom is 0.434 e. The third-order valence-electron chi connectivity index (χ3n) is 2.60. The largest absolute Gasteiger partial charge is 0.460 e. The Morgan fingerprint density at radius 3 is 2.82 bits per heavy atom. The smallest absolute Gasteiger partial charge is 0.434 e. The average molecular weight is 243 g/mol. The zero-order valence-electron chi connectivity index (χ0n) is 10.3. The van der Waals surface area contributed by atoms with Crippen molar-refractivity contribution in [2.45, 2.75) is 51.4 Å². The average Bonchev–Trinajstić information content (AvgIpc) is 2.54. The Hall–Kier alpha value is -1.30. The fourth-order valence-corrected chi connectivity index (χ4v) is 1.94. The summed E-state index contributed by atoms with van der Waals surface area (Å²) in [5.74, 6) is -0.293. The van der Waals surface area contributed by atoms with E-state index in [2.05, 4.69) is 0 Å². The molecule has 6 nitrogen and oxygen atoms in total. The minimum Gasteiger partial charge on any atom is -0.460 e. The van der Waals surface area contributed by atoms with Crippen LogP contribution >= 0.6 is 0 Å². The molecule has 0 spiro atoms. The van der Waals surface area contributed by atoms with Gasteiger partial charge in [-0.05, 0) is 20.8 Å². The molecule has 0 aliphatic carbocycles. The molecule has 2 atom stereocenters. The molecule has 0 aromatic carbocycles.